The highest BCUT2D eigenvalue weighted by Crippen LogP contribution is 2.37. The van der Waals surface area contributed by atoms with E-state index >= 15 is 0 Å². The van der Waals surface area contributed by atoms with Gasteiger partial charge < -0.3 is 10.0 Å². The highest BCUT2D eigenvalue weighted by atomic mass is 19.4. The van der Waals surface area contributed by atoms with Crippen molar-refractivity contribution in [3.8, 4) is 0 Å². The largest absolute Gasteiger partial charge is 0.416 e. The Balaban J connectivity index is 1.95. The normalized spacial score (nSPS) is 21.7. The number of aromatic nitrogens is 2. The van der Waals surface area contributed by atoms with Gasteiger partial charge in [0, 0.05) is 6.54 Å². The van der Waals surface area contributed by atoms with Crippen LogP contribution in [-0.4, -0.2) is 27.7 Å². The molecule has 1 aromatic heterocycles. The Bertz CT molecular complexity index is 690. The molecule has 4 nitrogen and oxygen atoms in total. The Labute approximate surface area is 129 Å². The van der Waals surface area contributed by atoms with Crippen LogP contribution in [-0.2, 0) is 6.18 Å². The summed E-state index contributed by atoms with van der Waals surface area (Å²) in [5.74, 6) is -0.436. The summed E-state index contributed by atoms with van der Waals surface area (Å²) < 4.78 is 51.5. The van der Waals surface area contributed by atoms with Crippen LogP contribution in [0.3, 0.4) is 0 Å². The molecule has 1 fully saturated rings. The fourth-order valence-corrected chi connectivity index (χ4v) is 2.73. The molecule has 0 unspecified atom stereocenters. The molecule has 0 radical (unpaired) electrons. The van der Waals surface area contributed by atoms with Crippen molar-refractivity contribution in [2.45, 2.75) is 24.7 Å². The predicted molar refractivity (Wildman–Crippen MR) is 74.1 cm³/mol. The number of β-amino-alcohol motifs (C(OH)–C–C–N with tert-alkyl or cyclic N) is 1. The number of benzene rings is 1. The van der Waals surface area contributed by atoms with Gasteiger partial charge in [0.05, 0.1) is 30.1 Å². The third kappa shape index (κ3) is 3.26. The molecule has 3 rings (SSSR count). The number of rotatable bonds is 2. The van der Waals surface area contributed by atoms with E-state index in [1.165, 1.54) is 6.07 Å². The lowest BCUT2D eigenvalue weighted by molar-refractivity contribution is -0.137. The standard InChI is InChI=1S/C15H13F4N3O/c16-11-6-20-14(21-7-11)22-8-12(23)5-13(22)9-2-1-3-10(4-9)15(17,18)19/h1-4,6-7,12-13,23H,5,8H2/t12-,13-/m1/s1. The van der Waals surface area contributed by atoms with Crippen LogP contribution in [0, 0.1) is 5.82 Å². The van der Waals surface area contributed by atoms with Gasteiger partial charge in [0.25, 0.3) is 0 Å². The van der Waals surface area contributed by atoms with Crippen LogP contribution in [0.15, 0.2) is 36.7 Å². The number of aliphatic hydroxyl groups is 1. The average Bonchev–Trinajstić information content (AvgIpc) is 2.89. The fourth-order valence-electron chi connectivity index (χ4n) is 2.73. The molecule has 0 bridgehead atoms. The summed E-state index contributed by atoms with van der Waals surface area (Å²) in [6, 6.07) is 4.44. The lowest BCUT2D eigenvalue weighted by Crippen LogP contribution is -2.26. The summed E-state index contributed by atoms with van der Waals surface area (Å²) in [7, 11) is 0. The monoisotopic (exact) mass is 327 g/mol. The first kappa shape index (κ1) is 15.7. The van der Waals surface area contributed by atoms with Crippen LogP contribution in [0.25, 0.3) is 0 Å². The maximum atomic E-state index is 12.9. The van der Waals surface area contributed by atoms with Gasteiger partial charge in [-0.1, -0.05) is 12.1 Å². The molecular formula is C15H13F4N3O. The summed E-state index contributed by atoms with van der Waals surface area (Å²) in [5.41, 5.74) is -0.347. The lowest BCUT2D eigenvalue weighted by atomic mass is 10.0. The van der Waals surface area contributed by atoms with E-state index < -0.39 is 29.7 Å². The molecule has 1 aromatic carbocycles. The van der Waals surface area contributed by atoms with Crippen molar-refractivity contribution in [1.82, 2.24) is 9.97 Å². The van der Waals surface area contributed by atoms with E-state index in [2.05, 4.69) is 9.97 Å². The van der Waals surface area contributed by atoms with Gasteiger partial charge in [-0.25, -0.2) is 14.4 Å². The summed E-state index contributed by atoms with van der Waals surface area (Å²) in [6.07, 6.45) is -2.94. The van der Waals surface area contributed by atoms with Crippen LogP contribution >= 0.6 is 0 Å². The second kappa shape index (κ2) is 5.77. The summed E-state index contributed by atoms with van der Waals surface area (Å²) in [6.45, 7) is 0.173. The second-order valence-corrected chi connectivity index (χ2v) is 5.38. The summed E-state index contributed by atoms with van der Waals surface area (Å²) in [4.78, 5) is 9.28. The van der Waals surface area contributed by atoms with Crippen molar-refractivity contribution in [3.63, 3.8) is 0 Å². The lowest BCUT2D eigenvalue weighted by Gasteiger charge is -2.25. The van der Waals surface area contributed by atoms with E-state index in [-0.39, 0.29) is 18.9 Å². The SMILES string of the molecule is O[C@@H]1C[C@H](c2cccc(C(F)(F)F)c2)N(c2ncc(F)cn2)C1. The molecule has 2 heterocycles. The summed E-state index contributed by atoms with van der Waals surface area (Å²) in [5, 5.41) is 9.88. The van der Waals surface area contributed by atoms with Crippen LogP contribution in [0.2, 0.25) is 0 Å². The van der Waals surface area contributed by atoms with Crippen molar-refractivity contribution in [2.24, 2.45) is 0 Å². The van der Waals surface area contributed by atoms with Gasteiger partial charge in [-0.2, -0.15) is 13.2 Å². The van der Waals surface area contributed by atoms with Crippen molar-refractivity contribution in [1.29, 1.82) is 0 Å². The molecule has 0 saturated carbocycles. The molecule has 1 saturated heterocycles. The molecule has 1 N–H and O–H groups in total. The van der Waals surface area contributed by atoms with E-state index in [1.54, 1.807) is 11.0 Å². The second-order valence-electron chi connectivity index (χ2n) is 5.38. The molecular weight excluding hydrogens is 314 g/mol. The number of aliphatic hydroxyl groups excluding tert-OH is 1. The molecule has 8 heteroatoms. The zero-order chi connectivity index (χ0) is 16.6. The first-order valence-electron chi connectivity index (χ1n) is 6.94. The van der Waals surface area contributed by atoms with E-state index in [1.807, 2.05) is 0 Å². The van der Waals surface area contributed by atoms with Crippen molar-refractivity contribution in [3.05, 3.63) is 53.6 Å². The van der Waals surface area contributed by atoms with E-state index in [0.29, 0.717) is 5.56 Å². The molecule has 2 atom stereocenters. The van der Waals surface area contributed by atoms with Crippen LogP contribution < -0.4 is 4.90 Å². The quantitative estimate of drug-likeness (QED) is 0.862. The van der Waals surface area contributed by atoms with Gasteiger partial charge >= 0.3 is 6.18 Å². The third-order valence-electron chi connectivity index (χ3n) is 3.74. The third-order valence-corrected chi connectivity index (χ3v) is 3.74. The molecule has 0 spiro atoms. The first-order valence-corrected chi connectivity index (χ1v) is 6.94. The van der Waals surface area contributed by atoms with E-state index in [9.17, 15) is 22.7 Å². The Morgan fingerprint density at radius 3 is 2.52 bits per heavy atom. The Morgan fingerprint density at radius 2 is 1.87 bits per heavy atom. The van der Waals surface area contributed by atoms with Gasteiger partial charge in [0.15, 0.2) is 5.82 Å². The molecule has 0 amide bonds. The number of hydrogen-bond donors (Lipinski definition) is 1. The molecule has 1 aliphatic rings. The van der Waals surface area contributed by atoms with Gasteiger partial charge in [0.2, 0.25) is 5.95 Å². The molecule has 23 heavy (non-hydrogen) atoms. The number of halogens is 4. The van der Waals surface area contributed by atoms with Crippen LogP contribution in [0.4, 0.5) is 23.5 Å². The van der Waals surface area contributed by atoms with Crippen molar-refractivity contribution in [2.75, 3.05) is 11.4 Å². The van der Waals surface area contributed by atoms with E-state index in [0.717, 1.165) is 24.5 Å². The highest BCUT2D eigenvalue weighted by Gasteiger charge is 2.36. The first-order chi connectivity index (χ1) is 10.8. The van der Waals surface area contributed by atoms with Gasteiger partial charge in [-0.3, -0.25) is 0 Å². The Morgan fingerprint density at radius 1 is 1.17 bits per heavy atom. The maximum Gasteiger partial charge on any atom is 0.416 e. The molecule has 0 aliphatic carbocycles. The van der Waals surface area contributed by atoms with Gasteiger partial charge in [-0.15, -0.1) is 0 Å². The maximum absolute atomic E-state index is 12.9. The molecule has 122 valence electrons. The van der Waals surface area contributed by atoms with Gasteiger partial charge in [-0.05, 0) is 24.1 Å². The Hall–Kier alpha value is -2.22. The van der Waals surface area contributed by atoms with E-state index in [4.69, 9.17) is 0 Å². The predicted octanol–water partition coefficient (Wildman–Crippen LogP) is 2.95. The zero-order valence-corrected chi connectivity index (χ0v) is 11.8. The number of anilines is 1. The molecule has 1 aliphatic heterocycles. The molecule has 2 aromatic rings. The topological polar surface area (TPSA) is 49.2 Å². The van der Waals surface area contributed by atoms with Gasteiger partial charge in [0.1, 0.15) is 0 Å². The van der Waals surface area contributed by atoms with Crippen molar-refractivity contribution >= 4 is 5.95 Å². The minimum Gasteiger partial charge on any atom is -0.391 e. The number of alkyl halides is 3. The Kier molecular flexibility index (Phi) is 3.93. The smallest absolute Gasteiger partial charge is 0.391 e. The highest BCUT2D eigenvalue weighted by molar-refractivity contribution is 5.40. The minimum absolute atomic E-state index is 0.172. The number of nitrogens with zero attached hydrogens (tertiary/aromatic N) is 3. The summed E-state index contributed by atoms with van der Waals surface area (Å²) >= 11 is 0. The number of hydrogen-bond acceptors (Lipinski definition) is 4. The van der Waals surface area contributed by atoms with Crippen molar-refractivity contribution < 1.29 is 22.7 Å². The average molecular weight is 327 g/mol. The van der Waals surface area contributed by atoms with Crippen LogP contribution in [0.5, 0.6) is 0 Å². The zero-order valence-electron chi connectivity index (χ0n) is 11.8. The fraction of sp³-hybridized carbons (Fsp3) is 0.333. The van der Waals surface area contributed by atoms with Crippen LogP contribution in [0.1, 0.15) is 23.6 Å². The minimum atomic E-state index is -4.44.